The monoisotopic (exact) mass is 427 g/mol. The highest BCUT2D eigenvalue weighted by atomic mass is 35.5. The number of benzene rings is 2. The summed E-state index contributed by atoms with van der Waals surface area (Å²) in [7, 11) is 0. The molecule has 7 heteroatoms. The van der Waals surface area contributed by atoms with Crippen LogP contribution in [0.5, 0.6) is 0 Å². The van der Waals surface area contributed by atoms with Crippen LogP contribution < -0.4 is 5.32 Å². The maximum atomic E-state index is 12.9. The molecule has 1 aliphatic rings. The molecule has 0 unspecified atom stereocenters. The van der Waals surface area contributed by atoms with E-state index in [9.17, 15) is 9.59 Å². The van der Waals surface area contributed by atoms with Gasteiger partial charge in [-0.05, 0) is 48.5 Å². The molecule has 29 heavy (non-hydrogen) atoms. The lowest BCUT2D eigenvalue weighted by molar-refractivity contribution is -0.130. The summed E-state index contributed by atoms with van der Waals surface area (Å²) < 4.78 is 0. The molecule has 150 valence electrons. The number of halogens is 1. The van der Waals surface area contributed by atoms with Gasteiger partial charge in [-0.3, -0.25) is 14.5 Å². The topological polar surface area (TPSA) is 52.7 Å². The molecule has 0 aromatic heterocycles. The van der Waals surface area contributed by atoms with E-state index in [1.54, 1.807) is 30.3 Å². The molecule has 1 heterocycles. The van der Waals surface area contributed by atoms with Crippen LogP contribution in [-0.4, -0.2) is 45.9 Å². The number of anilines is 1. The van der Waals surface area contributed by atoms with Crippen LogP contribution in [0.4, 0.5) is 5.69 Å². The van der Waals surface area contributed by atoms with E-state index in [1.807, 2.05) is 35.2 Å². The van der Waals surface area contributed by atoms with Crippen molar-refractivity contribution >= 4 is 46.4 Å². The molecule has 0 aliphatic carbocycles. The Morgan fingerprint density at radius 3 is 2.52 bits per heavy atom. The predicted octanol–water partition coefficient (Wildman–Crippen LogP) is 3.90. The summed E-state index contributed by atoms with van der Waals surface area (Å²) in [6.45, 7) is 4.58. The summed E-state index contributed by atoms with van der Waals surface area (Å²) in [6, 6.07) is 16.2. The average molecular weight is 428 g/mol. The second-order valence-corrected chi connectivity index (χ2v) is 7.53. The third kappa shape index (κ3) is 5.22. The van der Waals surface area contributed by atoms with E-state index >= 15 is 0 Å². The van der Waals surface area contributed by atoms with Crippen molar-refractivity contribution in [1.29, 1.82) is 0 Å². The van der Waals surface area contributed by atoms with Gasteiger partial charge in [-0.25, -0.2) is 0 Å². The molecule has 2 aromatic carbocycles. The summed E-state index contributed by atoms with van der Waals surface area (Å²) in [6.07, 6.45) is 2.38. The third-order valence-corrected chi connectivity index (χ3v) is 5.41. The van der Waals surface area contributed by atoms with E-state index in [2.05, 4.69) is 11.9 Å². The normalized spacial score (nSPS) is 16.2. The minimum absolute atomic E-state index is 0.0179. The first-order valence-corrected chi connectivity index (χ1v) is 10.1. The Balaban J connectivity index is 1.71. The van der Waals surface area contributed by atoms with E-state index in [0.717, 1.165) is 12.0 Å². The van der Waals surface area contributed by atoms with Crippen molar-refractivity contribution in [2.75, 3.05) is 18.4 Å². The molecule has 0 spiro atoms. The number of thiocarbonyl (C=S) groups is 1. The van der Waals surface area contributed by atoms with Crippen LogP contribution >= 0.6 is 23.8 Å². The quantitative estimate of drug-likeness (QED) is 0.513. The number of rotatable bonds is 8. The third-order valence-electron chi connectivity index (χ3n) is 4.71. The van der Waals surface area contributed by atoms with Gasteiger partial charge in [0.2, 0.25) is 5.91 Å². The number of nitrogens with zero attached hydrogens (tertiary/aromatic N) is 2. The second-order valence-electron chi connectivity index (χ2n) is 6.72. The van der Waals surface area contributed by atoms with Crippen LogP contribution in [-0.2, 0) is 16.0 Å². The zero-order chi connectivity index (χ0) is 20.8. The smallest absolute Gasteiger partial charge is 0.252 e. The van der Waals surface area contributed by atoms with Gasteiger partial charge in [0, 0.05) is 23.8 Å². The van der Waals surface area contributed by atoms with E-state index in [0.29, 0.717) is 28.9 Å². The van der Waals surface area contributed by atoms with Crippen LogP contribution in [0.1, 0.15) is 12.0 Å². The summed E-state index contributed by atoms with van der Waals surface area (Å²) in [5, 5.41) is 3.84. The lowest BCUT2D eigenvalue weighted by Gasteiger charge is -2.23. The maximum absolute atomic E-state index is 12.9. The lowest BCUT2D eigenvalue weighted by Crippen LogP contribution is -2.39. The van der Waals surface area contributed by atoms with E-state index in [1.165, 1.54) is 4.90 Å². The molecule has 5 nitrogen and oxygen atoms in total. The first kappa shape index (κ1) is 21.0. The van der Waals surface area contributed by atoms with Crippen molar-refractivity contribution in [3.8, 4) is 0 Å². The Labute approximate surface area is 180 Å². The van der Waals surface area contributed by atoms with Crippen molar-refractivity contribution in [2.24, 2.45) is 0 Å². The van der Waals surface area contributed by atoms with Crippen molar-refractivity contribution in [3.05, 3.63) is 77.8 Å². The zero-order valence-electron chi connectivity index (χ0n) is 15.9. The first-order valence-electron chi connectivity index (χ1n) is 9.32. The van der Waals surface area contributed by atoms with Gasteiger partial charge in [0.1, 0.15) is 6.04 Å². The minimum Gasteiger partial charge on any atom is -0.336 e. The largest absolute Gasteiger partial charge is 0.336 e. The molecule has 0 saturated carbocycles. The highest BCUT2D eigenvalue weighted by Gasteiger charge is 2.42. The Morgan fingerprint density at radius 1 is 1.17 bits per heavy atom. The van der Waals surface area contributed by atoms with E-state index < -0.39 is 6.04 Å². The fourth-order valence-corrected chi connectivity index (χ4v) is 3.77. The van der Waals surface area contributed by atoms with Crippen molar-refractivity contribution in [1.82, 2.24) is 9.80 Å². The van der Waals surface area contributed by atoms with Crippen molar-refractivity contribution in [3.63, 3.8) is 0 Å². The second kappa shape index (κ2) is 9.67. The number of amides is 2. The van der Waals surface area contributed by atoms with Gasteiger partial charge in [-0.15, -0.1) is 6.58 Å². The van der Waals surface area contributed by atoms with Gasteiger partial charge in [-0.1, -0.05) is 48.0 Å². The number of hydrogen-bond acceptors (Lipinski definition) is 3. The maximum Gasteiger partial charge on any atom is 0.252 e. The Kier molecular flexibility index (Phi) is 7.01. The van der Waals surface area contributed by atoms with E-state index in [4.69, 9.17) is 23.8 Å². The van der Waals surface area contributed by atoms with Crippen LogP contribution in [0.3, 0.4) is 0 Å². The molecule has 2 amide bonds. The molecule has 1 fully saturated rings. The molecule has 0 bridgehead atoms. The highest BCUT2D eigenvalue weighted by molar-refractivity contribution is 7.80. The molecule has 2 aromatic rings. The number of carbonyl (C=O) groups excluding carboxylic acids is 2. The zero-order valence-corrected chi connectivity index (χ0v) is 17.5. The van der Waals surface area contributed by atoms with Gasteiger partial charge in [-0.2, -0.15) is 0 Å². The average Bonchev–Trinajstić information content (AvgIpc) is 2.93. The Bertz CT molecular complexity index is 902. The Morgan fingerprint density at radius 2 is 1.86 bits per heavy atom. The molecule has 1 aliphatic heterocycles. The van der Waals surface area contributed by atoms with Gasteiger partial charge in [0.15, 0.2) is 5.11 Å². The van der Waals surface area contributed by atoms with Gasteiger partial charge in [0.05, 0.1) is 6.42 Å². The summed E-state index contributed by atoms with van der Waals surface area (Å²) in [5.41, 5.74) is 1.78. The number of hydrogen-bond donors (Lipinski definition) is 1. The van der Waals surface area contributed by atoms with Crippen LogP contribution in [0.2, 0.25) is 5.02 Å². The van der Waals surface area contributed by atoms with Crippen LogP contribution in [0.15, 0.2) is 67.3 Å². The Hall–Kier alpha value is -2.70. The minimum atomic E-state index is -0.626. The van der Waals surface area contributed by atoms with Crippen molar-refractivity contribution < 1.29 is 9.59 Å². The molecule has 1 N–H and O–H groups in total. The number of carbonyl (C=O) groups is 2. The van der Waals surface area contributed by atoms with E-state index in [-0.39, 0.29) is 18.2 Å². The van der Waals surface area contributed by atoms with Crippen LogP contribution in [0, 0.1) is 0 Å². The van der Waals surface area contributed by atoms with Gasteiger partial charge in [0.25, 0.3) is 5.91 Å². The standard InChI is InChI=1S/C22H22ClN3O2S/c1-2-13-26-21(28)19(15-20(27)24-18-10-8-17(23)9-11-18)25(22(26)29)14-12-16-6-4-3-5-7-16/h2-11,19H,1,12-15H2,(H,24,27)/t19-/m0/s1. The predicted molar refractivity (Wildman–Crippen MR) is 120 cm³/mol. The molecular weight excluding hydrogens is 406 g/mol. The molecule has 0 radical (unpaired) electrons. The summed E-state index contributed by atoms with van der Waals surface area (Å²) >= 11 is 11.4. The summed E-state index contributed by atoms with van der Waals surface area (Å²) in [5.74, 6) is -0.423. The first-order chi connectivity index (χ1) is 14.0. The highest BCUT2D eigenvalue weighted by Crippen LogP contribution is 2.22. The lowest BCUT2D eigenvalue weighted by atomic mass is 10.1. The van der Waals surface area contributed by atoms with Gasteiger partial charge < -0.3 is 10.2 Å². The van der Waals surface area contributed by atoms with Crippen LogP contribution in [0.25, 0.3) is 0 Å². The molecule has 3 rings (SSSR count). The fraction of sp³-hybridized carbons (Fsp3) is 0.227. The molecular formula is C22H22ClN3O2S. The molecule has 1 saturated heterocycles. The molecule has 1 atom stereocenters. The SMILES string of the molecule is C=CCN1C(=O)[C@H](CC(=O)Nc2ccc(Cl)cc2)N(CCc2ccccc2)C1=S. The fourth-order valence-electron chi connectivity index (χ4n) is 3.26. The number of nitrogens with one attached hydrogen (secondary N) is 1. The van der Waals surface area contributed by atoms with Gasteiger partial charge >= 0.3 is 0 Å². The van der Waals surface area contributed by atoms with Crippen molar-refractivity contribution in [2.45, 2.75) is 18.9 Å². The summed E-state index contributed by atoms with van der Waals surface area (Å²) in [4.78, 5) is 28.8.